The van der Waals surface area contributed by atoms with E-state index >= 15 is 0 Å². The molecule has 0 N–H and O–H groups in total. The zero-order valence-corrected chi connectivity index (χ0v) is 9.60. The standard InChI is InChI=1S/C13H25F/c1-2-3-4-5-6-7-12-8-10-13(14)11-9-12/h12-13H,2-11H2,1H3/t12-,13-. The highest BCUT2D eigenvalue weighted by atomic mass is 19.1. The van der Waals surface area contributed by atoms with Crippen LogP contribution in [0.1, 0.15) is 71.1 Å². The molecule has 0 radical (unpaired) electrons. The Morgan fingerprint density at radius 3 is 2.21 bits per heavy atom. The summed E-state index contributed by atoms with van der Waals surface area (Å²) in [6.07, 6.45) is 11.7. The molecule has 0 aromatic carbocycles. The van der Waals surface area contributed by atoms with Gasteiger partial charge >= 0.3 is 0 Å². The first-order valence-corrected chi connectivity index (χ1v) is 6.47. The van der Waals surface area contributed by atoms with Gasteiger partial charge in [0.1, 0.15) is 6.17 Å². The molecule has 1 fully saturated rings. The van der Waals surface area contributed by atoms with E-state index in [1.165, 1.54) is 38.5 Å². The van der Waals surface area contributed by atoms with Crippen molar-refractivity contribution < 1.29 is 4.39 Å². The molecule has 1 rings (SSSR count). The molecule has 0 atom stereocenters. The molecule has 84 valence electrons. The van der Waals surface area contributed by atoms with Crippen LogP contribution in [0.3, 0.4) is 0 Å². The van der Waals surface area contributed by atoms with Crippen molar-refractivity contribution >= 4 is 0 Å². The predicted molar refractivity (Wildman–Crippen MR) is 60.2 cm³/mol. The summed E-state index contributed by atoms with van der Waals surface area (Å²) in [7, 11) is 0. The molecule has 0 saturated heterocycles. The second-order valence-electron chi connectivity index (χ2n) is 4.82. The molecule has 0 heterocycles. The SMILES string of the molecule is CCCCCCC[C@H]1CC[C@H](F)CC1. The highest BCUT2D eigenvalue weighted by Gasteiger charge is 2.19. The van der Waals surface area contributed by atoms with E-state index in [0.717, 1.165) is 31.6 Å². The molecule has 0 bridgehead atoms. The number of hydrogen-bond donors (Lipinski definition) is 0. The first-order chi connectivity index (χ1) is 6.83. The van der Waals surface area contributed by atoms with Crippen molar-refractivity contribution in [1.29, 1.82) is 0 Å². The lowest BCUT2D eigenvalue weighted by atomic mass is 9.84. The van der Waals surface area contributed by atoms with Gasteiger partial charge in [-0.05, 0) is 31.6 Å². The van der Waals surface area contributed by atoms with E-state index in [9.17, 15) is 4.39 Å². The molecule has 14 heavy (non-hydrogen) atoms. The van der Waals surface area contributed by atoms with E-state index in [1.807, 2.05) is 0 Å². The summed E-state index contributed by atoms with van der Waals surface area (Å²) in [5, 5.41) is 0. The fourth-order valence-corrected chi connectivity index (χ4v) is 2.45. The average Bonchev–Trinajstić information content (AvgIpc) is 2.21. The van der Waals surface area contributed by atoms with Crippen LogP contribution in [0.4, 0.5) is 4.39 Å². The van der Waals surface area contributed by atoms with Gasteiger partial charge in [0, 0.05) is 0 Å². The minimum atomic E-state index is -0.480. The van der Waals surface area contributed by atoms with Gasteiger partial charge in [-0.1, -0.05) is 45.4 Å². The second-order valence-corrected chi connectivity index (χ2v) is 4.82. The van der Waals surface area contributed by atoms with Crippen LogP contribution in [0, 0.1) is 5.92 Å². The van der Waals surface area contributed by atoms with Gasteiger partial charge in [-0.15, -0.1) is 0 Å². The van der Waals surface area contributed by atoms with Gasteiger partial charge in [-0.2, -0.15) is 0 Å². The van der Waals surface area contributed by atoms with E-state index in [4.69, 9.17) is 0 Å². The van der Waals surface area contributed by atoms with Crippen LogP contribution in [0.2, 0.25) is 0 Å². The van der Waals surface area contributed by atoms with Crippen molar-refractivity contribution in [1.82, 2.24) is 0 Å². The van der Waals surface area contributed by atoms with Crippen molar-refractivity contribution in [3.8, 4) is 0 Å². The molecule has 0 spiro atoms. The summed E-state index contributed by atoms with van der Waals surface area (Å²) < 4.78 is 12.8. The van der Waals surface area contributed by atoms with Crippen LogP contribution in [0.25, 0.3) is 0 Å². The molecule has 0 unspecified atom stereocenters. The predicted octanol–water partition coefficient (Wildman–Crippen LogP) is 4.88. The minimum Gasteiger partial charge on any atom is -0.247 e. The monoisotopic (exact) mass is 200 g/mol. The Labute approximate surface area is 88.3 Å². The van der Waals surface area contributed by atoms with Gasteiger partial charge in [0.25, 0.3) is 0 Å². The fraction of sp³-hybridized carbons (Fsp3) is 1.00. The summed E-state index contributed by atoms with van der Waals surface area (Å²) in [6, 6.07) is 0. The summed E-state index contributed by atoms with van der Waals surface area (Å²) in [5.74, 6) is 0.851. The number of hydrogen-bond acceptors (Lipinski definition) is 0. The molecule has 0 aromatic rings. The number of alkyl halides is 1. The largest absolute Gasteiger partial charge is 0.247 e. The minimum absolute atomic E-state index is 0.480. The number of rotatable bonds is 6. The topological polar surface area (TPSA) is 0 Å². The van der Waals surface area contributed by atoms with Crippen molar-refractivity contribution in [3.63, 3.8) is 0 Å². The van der Waals surface area contributed by atoms with Crippen molar-refractivity contribution in [2.45, 2.75) is 77.3 Å². The maximum absolute atomic E-state index is 12.8. The average molecular weight is 200 g/mol. The van der Waals surface area contributed by atoms with Crippen LogP contribution < -0.4 is 0 Å². The molecule has 0 aliphatic heterocycles. The van der Waals surface area contributed by atoms with Crippen LogP contribution in [-0.2, 0) is 0 Å². The number of halogens is 1. The van der Waals surface area contributed by atoms with Crippen LogP contribution >= 0.6 is 0 Å². The number of unbranched alkanes of at least 4 members (excludes halogenated alkanes) is 4. The second kappa shape index (κ2) is 7.25. The third-order valence-electron chi connectivity index (χ3n) is 3.49. The fourth-order valence-electron chi connectivity index (χ4n) is 2.45. The molecule has 1 heteroatoms. The zero-order chi connectivity index (χ0) is 10.2. The molecule has 1 aliphatic rings. The highest BCUT2D eigenvalue weighted by molar-refractivity contribution is 4.71. The van der Waals surface area contributed by atoms with Crippen molar-refractivity contribution in [3.05, 3.63) is 0 Å². The van der Waals surface area contributed by atoms with E-state index in [0.29, 0.717) is 0 Å². The summed E-state index contributed by atoms with van der Waals surface area (Å²) >= 11 is 0. The van der Waals surface area contributed by atoms with Crippen LogP contribution in [0.5, 0.6) is 0 Å². The first-order valence-electron chi connectivity index (χ1n) is 6.47. The Kier molecular flexibility index (Phi) is 6.22. The Morgan fingerprint density at radius 2 is 1.57 bits per heavy atom. The van der Waals surface area contributed by atoms with Crippen molar-refractivity contribution in [2.75, 3.05) is 0 Å². The molecular weight excluding hydrogens is 175 g/mol. The van der Waals surface area contributed by atoms with Gasteiger partial charge in [0.2, 0.25) is 0 Å². The van der Waals surface area contributed by atoms with Gasteiger partial charge < -0.3 is 0 Å². The van der Waals surface area contributed by atoms with Gasteiger partial charge in [-0.25, -0.2) is 4.39 Å². The summed E-state index contributed by atoms with van der Waals surface area (Å²) in [4.78, 5) is 0. The molecule has 1 aliphatic carbocycles. The van der Waals surface area contributed by atoms with Crippen LogP contribution in [-0.4, -0.2) is 6.17 Å². The molecule has 0 aromatic heterocycles. The van der Waals surface area contributed by atoms with Crippen LogP contribution in [0.15, 0.2) is 0 Å². The van der Waals surface area contributed by atoms with E-state index in [1.54, 1.807) is 0 Å². The third-order valence-corrected chi connectivity index (χ3v) is 3.49. The Balaban J connectivity index is 1.91. The van der Waals surface area contributed by atoms with E-state index in [2.05, 4.69) is 6.92 Å². The molecule has 0 amide bonds. The molecular formula is C13H25F. The summed E-state index contributed by atoms with van der Waals surface area (Å²) in [5.41, 5.74) is 0. The molecule has 0 nitrogen and oxygen atoms in total. The normalized spacial score (nSPS) is 27.9. The van der Waals surface area contributed by atoms with E-state index < -0.39 is 6.17 Å². The van der Waals surface area contributed by atoms with Gasteiger partial charge in [-0.3, -0.25) is 0 Å². The zero-order valence-electron chi connectivity index (χ0n) is 9.60. The van der Waals surface area contributed by atoms with E-state index in [-0.39, 0.29) is 0 Å². The van der Waals surface area contributed by atoms with Crippen molar-refractivity contribution in [2.24, 2.45) is 5.92 Å². The lowest BCUT2D eigenvalue weighted by Gasteiger charge is -2.23. The highest BCUT2D eigenvalue weighted by Crippen LogP contribution is 2.29. The quantitative estimate of drug-likeness (QED) is 0.536. The van der Waals surface area contributed by atoms with Gasteiger partial charge in [0.05, 0.1) is 0 Å². The Morgan fingerprint density at radius 1 is 0.929 bits per heavy atom. The lowest BCUT2D eigenvalue weighted by molar-refractivity contribution is 0.199. The first kappa shape index (κ1) is 12.0. The van der Waals surface area contributed by atoms with Gasteiger partial charge in [0.15, 0.2) is 0 Å². The maximum atomic E-state index is 12.8. The lowest BCUT2D eigenvalue weighted by Crippen LogP contribution is -2.14. The Bertz CT molecular complexity index is 125. The molecule has 1 saturated carbocycles. The smallest absolute Gasteiger partial charge is 0.100 e. The Hall–Kier alpha value is -0.0700. The third kappa shape index (κ3) is 4.97. The summed E-state index contributed by atoms with van der Waals surface area (Å²) in [6.45, 7) is 2.25. The maximum Gasteiger partial charge on any atom is 0.100 e.